The molecule has 8 heteroatoms. The molecule has 142 valence electrons. The maximum Gasteiger partial charge on any atom is 0.274 e. The SMILES string of the molecule is CCc1ccc(NC(=O)C2CC(=O)N(CCCN(C)C)C2)cc1[N+](=O)[O-]. The normalized spacial score (nSPS) is 17.0. The zero-order valence-corrected chi connectivity index (χ0v) is 15.5. The van der Waals surface area contributed by atoms with Crippen molar-refractivity contribution < 1.29 is 14.5 Å². The Kier molecular flexibility index (Phi) is 6.68. The van der Waals surface area contributed by atoms with Gasteiger partial charge in [-0.05, 0) is 39.5 Å². The first-order valence-corrected chi connectivity index (χ1v) is 8.82. The molecule has 26 heavy (non-hydrogen) atoms. The fraction of sp³-hybridized carbons (Fsp3) is 0.556. The molecule has 1 fully saturated rings. The van der Waals surface area contributed by atoms with Crippen LogP contribution in [0.3, 0.4) is 0 Å². The number of hydrogen-bond donors (Lipinski definition) is 1. The minimum absolute atomic E-state index is 0.00175. The molecule has 1 atom stereocenters. The van der Waals surface area contributed by atoms with Crippen LogP contribution in [-0.2, 0) is 16.0 Å². The topological polar surface area (TPSA) is 95.8 Å². The molecule has 1 aromatic carbocycles. The second-order valence-electron chi connectivity index (χ2n) is 6.84. The van der Waals surface area contributed by atoms with Gasteiger partial charge >= 0.3 is 0 Å². The molecule has 1 aliphatic rings. The smallest absolute Gasteiger partial charge is 0.274 e. The highest BCUT2D eigenvalue weighted by atomic mass is 16.6. The lowest BCUT2D eigenvalue weighted by molar-refractivity contribution is -0.385. The summed E-state index contributed by atoms with van der Waals surface area (Å²) in [6, 6.07) is 4.69. The summed E-state index contributed by atoms with van der Waals surface area (Å²) in [6.07, 6.45) is 1.59. The Labute approximate surface area is 153 Å². The Balaban J connectivity index is 1.97. The fourth-order valence-electron chi connectivity index (χ4n) is 3.10. The Morgan fingerprint density at radius 3 is 2.77 bits per heavy atom. The third kappa shape index (κ3) is 5.01. The summed E-state index contributed by atoms with van der Waals surface area (Å²) in [4.78, 5) is 39.0. The van der Waals surface area contributed by atoms with E-state index in [9.17, 15) is 19.7 Å². The van der Waals surface area contributed by atoms with Gasteiger partial charge in [0.05, 0.1) is 10.8 Å². The molecule has 1 aromatic rings. The Morgan fingerprint density at radius 2 is 2.15 bits per heavy atom. The van der Waals surface area contributed by atoms with E-state index in [0.717, 1.165) is 13.0 Å². The van der Waals surface area contributed by atoms with Gasteiger partial charge in [0.15, 0.2) is 0 Å². The second-order valence-corrected chi connectivity index (χ2v) is 6.84. The molecule has 1 aliphatic heterocycles. The van der Waals surface area contributed by atoms with E-state index in [-0.39, 0.29) is 23.9 Å². The summed E-state index contributed by atoms with van der Waals surface area (Å²) < 4.78 is 0. The highest BCUT2D eigenvalue weighted by Gasteiger charge is 2.34. The number of nitrogens with one attached hydrogen (secondary N) is 1. The highest BCUT2D eigenvalue weighted by Crippen LogP contribution is 2.25. The summed E-state index contributed by atoms with van der Waals surface area (Å²) in [5.41, 5.74) is 1.01. The molecule has 0 bridgehead atoms. The van der Waals surface area contributed by atoms with Gasteiger partial charge in [-0.25, -0.2) is 0 Å². The Hall–Kier alpha value is -2.48. The molecule has 2 rings (SSSR count). The van der Waals surface area contributed by atoms with Gasteiger partial charge in [-0.2, -0.15) is 0 Å². The highest BCUT2D eigenvalue weighted by molar-refractivity contribution is 5.97. The quantitative estimate of drug-likeness (QED) is 0.563. The number of amides is 2. The van der Waals surface area contributed by atoms with Gasteiger partial charge in [0.1, 0.15) is 0 Å². The Morgan fingerprint density at radius 1 is 1.42 bits per heavy atom. The van der Waals surface area contributed by atoms with Crippen molar-refractivity contribution in [2.45, 2.75) is 26.2 Å². The van der Waals surface area contributed by atoms with E-state index in [0.29, 0.717) is 30.8 Å². The predicted octanol–water partition coefficient (Wildman–Crippen LogP) is 1.90. The number of nitro groups is 1. The monoisotopic (exact) mass is 362 g/mol. The number of nitrogens with zero attached hydrogens (tertiary/aromatic N) is 3. The number of carbonyl (C=O) groups excluding carboxylic acids is 2. The number of carbonyl (C=O) groups is 2. The van der Waals surface area contributed by atoms with Gasteiger partial charge in [-0.1, -0.05) is 13.0 Å². The van der Waals surface area contributed by atoms with Crippen molar-refractivity contribution in [3.05, 3.63) is 33.9 Å². The van der Waals surface area contributed by atoms with Crippen LogP contribution in [0.5, 0.6) is 0 Å². The number of anilines is 1. The Bertz CT molecular complexity index is 690. The standard InChI is InChI=1S/C18H26N4O4/c1-4-13-6-7-15(11-16(13)22(25)26)19-18(24)14-10-17(23)21(12-14)9-5-8-20(2)3/h6-7,11,14H,4-5,8-10,12H2,1-3H3,(H,19,24). The van der Waals surface area contributed by atoms with Crippen molar-refractivity contribution in [3.8, 4) is 0 Å². The maximum atomic E-state index is 12.5. The van der Waals surface area contributed by atoms with Crippen molar-refractivity contribution in [2.75, 3.05) is 39.0 Å². The van der Waals surface area contributed by atoms with Gasteiger partial charge in [0.2, 0.25) is 11.8 Å². The summed E-state index contributed by atoms with van der Waals surface area (Å²) in [7, 11) is 3.95. The van der Waals surface area contributed by atoms with Gasteiger partial charge in [0.25, 0.3) is 5.69 Å². The molecule has 1 heterocycles. The molecule has 8 nitrogen and oxygen atoms in total. The van der Waals surface area contributed by atoms with E-state index in [1.165, 1.54) is 6.07 Å². The number of hydrogen-bond acceptors (Lipinski definition) is 5. The lowest BCUT2D eigenvalue weighted by atomic mass is 10.1. The fourth-order valence-corrected chi connectivity index (χ4v) is 3.10. The van der Waals surface area contributed by atoms with Crippen molar-refractivity contribution in [2.24, 2.45) is 5.92 Å². The number of likely N-dealkylation sites (tertiary alicyclic amines) is 1. The molecule has 2 amide bonds. The van der Waals surface area contributed by atoms with Crippen LogP contribution in [0.15, 0.2) is 18.2 Å². The van der Waals surface area contributed by atoms with E-state index in [1.807, 2.05) is 21.0 Å². The zero-order valence-electron chi connectivity index (χ0n) is 15.5. The first-order chi connectivity index (χ1) is 12.3. The van der Waals surface area contributed by atoms with Crippen LogP contribution in [0.25, 0.3) is 0 Å². The molecule has 0 spiro atoms. The average Bonchev–Trinajstić information content (AvgIpc) is 2.95. The minimum Gasteiger partial charge on any atom is -0.342 e. The van der Waals surface area contributed by atoms with Crippen molar-refractivity contribution in [3.63, 3.8) is 0 Å². The van der Waals surface area contributed by atoms with Crippen molar-refractivity contribution in [1.29, 1.82) is 0 Å². The van der Waals surface area contributed by atoms with Crippen LogP contribution in [0.2, 0.25) is 0 Å². The van der Waals surface area contributed by atoms with Crippen LogP contribution in [0.4, 0.5) is 11.4 Å². The third-order valence-electron chi connectivity index (χ3n) is 4.55. The first-order valence-electron chi connectivity index (χ1n) is 8.82. The summed E-state index contributed by atoms with van der Waals surface area (Å²) >= 11 is 0. The lowest BCUT2D eigenvalue weighted by Gasteiger charge is -2.18. The van der Waals surface area contributed by atoms with Crippen LogP contribution in [0, 0.1) is 16.0 Å². The van der Waals surface area contributed by atoms with E-state index in [1.54, 1.807) is 17.0 Å². The van der Waals surface area contributed by atoms with E-state index < -0.39 is 10.8 Å². The first kappa shape index (κ1) is 19.8. The average molecular weight is 362 g/mol. The summed E-state index contributed by atoms with van der Waals surface area (Å²) in [6.45, 7) is 3.76. The van der Waals surface area contributed by atoms with Crippen LogP contribution >= 0.6 is 0 Å². The number of nitro benzene ring substituents is 1. The maximum absolute atomic E-state index is 12.5. The van der Waals surface area contributed by atoms with E-state index in [4.69, 9.17) is 0 Å². The molecular weight excluding hydrogens is 336 g/mol. The molecule has 1 saturated heterocycles. The largest absolute Gasteiger partial charge is 0.342 e. The second kappa shape index (κ2) is 8.75. The van der Waals surface area contributed by atoms with Crippen LogP contribution < -0.4 is 5.32 Å². The lowest BCUT2D eigenvalue weighted by Crippen LogP contribution is -2.30. The van der Waals surface area contributed by atoms with Gasteiger partial charge < -0.3 is 15.1 Å². The molecule has 0 saturated carbocycles. The van der Waals surface area contributed by atoms with Gasteiger partial charge in [-0.15, -0.1) is 0 Å². The molecular formula is C18H26N4O4. The van der Waals surface area contributed by atoms with Crippen LogP contribution in [-0.4, -0.2) is 60.3 Å². The van der Waals surface area contributed by atoms with Crippen LogP contribution in [0.1, 0.15) is 25.3 Å². The number of benzene rings is 1. The number of aryl methyl sites for hydroxylation is 1. The molecule has 0 radical (unpaired) electrons. The van der Waals surface area contributed by atoms with E-state index >= 15 is 0 Å². The predicted molar refractivity (Wildman–Crippen MR) is 99.0 cm³/mol. The zero-order chi connectivity index (χ0) is 19.3. The van der Waals surface area contributed by atoms with Crippen molar-refractivity contribution in [1.82, 2.24) is 9.80 Å². The minimum atomic E-state index is -0.444. The molecule has 1 unspecified atom stereocenters. The third-order valence-corrected chi connectivity index (χ3v) is 4.55. The van der Waals surface area contributed by atoms with Gasteiger partial charge in [0, 0.05) is 36.8 Å². The van der Waals surface area contributed by atoms with E-state index in [2.05, 4.69) is 10.2 Å². The molecule has 0 aromatic heterocycles. The number of rotatable bonds is 8. The van der Waals surface area contributed by atoms with Gasteiger partial charge in [-0.3, -0.25) is 19.7 Å². The molecule has 0 aliphatic carbocycles. The summed E-state index contributed by atoms with van der Waals surface area (Å²) in [5.74, 6) is -0.713. The summed E-state index contributed by atoms with van der Waals surface area (Å²) in [5, 5.41) is 13.9. The van der Waals surface area contributed by atoms with Crippen molar-refractivity contribution >= 4 is 23.2 Å². The molecule has 1 N–H and O–H groups in total.